The van der Waals surface area contributed by atoms with Gasteiger partial charge in [0.15, 0.2) is 11.5 Å². The molecule has 0 saturated heterocycles. The molecule has 5 aromatic rings. The molecule has 41 heavy (non-hydrogen) atoms. The van der Waals surface area contributed by atoms with Crippen LogP contribution < -0.4 is 30.0 Å². The van der Waals surface area contributed by atoms with Gasteiger partial charge in [0, 0.05) is 17.6 Å². The summed E-state index contributed by atoms with van der Waals surface area (Å²) >= 11 is 0. The van der Waals surface area contributed by atoms with Crippen molar-refractivity contribution in [3.8, 4) is 39.9 Å². The Kier molecular flexibility index (Phi) is 7.92. The van der Waals surface area contributed by atoms with Gasteiger partial charge in [-0.2, -0.15) is 0 Å². The van der Waals surface area contributed by atoms with E-state index in [-0.39, 0.29) is 0 Å². The zero-order valence-corrected chi connectivity index (χ0v) is 23.4. The van der Waals surface area contributed by atoms with Crippen molar-refractivity contribution in [2.24, 2.45) is 5.73 Å². The van der Waals surface area contributed by atoms with Crippen LogP contribution in [0.4, 0.5) is 10.5 Å². The number of nitrogens with zero attached hydrogens (tertiary/aromatic N) is 1. The van der Waals surface area contributed by atoms with Gasteiger partial charge < -0.3 is 30.0 Å². The van der Waals surface area contributed by atoms with Gasteiger partial charge in [0.25, 0.3) is 0 Å². The predicted molar refractivity (Wildman–Crippen MR) is 160 cm³/mol. The Labute approximate surface area is 238 Å². The van der Waals surface area contributed by atoms with Crippen LogP contribution in [0, 0.1) is 13.8 Å². The van der Waals surface area contributed by atoms with Gasteiger partial charge in [-0.1, -0.05) is 42.5 Å². The summed E-state index contributed by atoms with van der Waals surface area (Å²) < 4.78 is 23.6. The molecule has 0 bridgehead atoms. The van der Waals surface area contributed by atoms with Crippen molar-refractivity contribution in [1.29, 1.82) is 0 Å². The third-order valence-corrected chi connectivity index (χ3v) is 6.95. The van der Waals surface area contributed by atoms with Crippen molar-refractivity contribution in [2.45, 2.75) is 20.5 Å². The number of hydrogen-bond donors (Lipinski definition) is 2. The summed E-state index contributed by atoms with van der Waals surface area (Å²) in [4.78, 5) is 15.9. The summed E-state index contributed by atoms with van der Waals surface area (Å²) in [5.74, 6) is 3.10. The largest absolute Gasteiger partial charge is 0.495 e. The van der Waals surface area contributed by atoms with E-state index in [0.29, 0.717) is 35.3 Å². The number of ether oxygens (including phenoxy) is 4. The van der Waals surface area contributed by atoms with Crippen LogP contribution in [0.2, 0.25) is 0 Å². The van der Waals surface area contributed by atoms with E-state index in [4.69, 9.17) is 24.7 Å². The number of pyridine rings is 1. The number of aromatic nitrogens is 1. The molecule has 0 spiro atoms. The van der Waals surface area contributed by atoms with Crippen LogP contribution in [0.25, 0.3) is 22.0 Å². The second-order valence-electron chi connectivity index (χ2n) is 9.47. The third kappa shape index (κ3) is 5.86. The summed E-state index contributed by atoms with van der Waals surface area (Å²) in [7, 11) is 3.16. The molecular formula is C33H31N3O5. The Morgan fingerprint density at radius 3 is 2.32 bits per heavy atom. The second-order valence-corrected chi connectivity index (χ2v) is 9.47. The molecule has 0 aliphatic heterocycles. The van der Waals surface area contributed by atoms with Crippen LogP contribution >= 0.6 is 0 Å². The monoisotopic (exact) mass is 549 g/mol. The number of rotatable bonds is 9. The fourth-order valence-electron chi connectivity index (χ4n) is 4.66. The van der Waals surface area contributed by atoms with Crippen LogP contribution in [0.1, 0.15) is 16.7 Å². The quantitative estimate of drug-likeness (QED) is 0.199. The van der Waals surface area contributed by atoms with Crippen LogP contribution in [0.15, 0.2) is 85.1 Å². The smallest absolute Gasteiger partial charge is 0.316 e. The average molecular weight is 550 g/mol. The molecule has 0 aliphatic carbocycles. The summed E-state index contributed by atoms with van der Waals surface area (Å²) in [6, 6.07) is 24.4. The molecule has 0 fully saturated rings. The fraction of sp³-hybridized carbons (Fsp3) is 0.152. The number of fused-ring (bicyclic) bond motifs is 1. The van der Waals surface area contributed by atoms with Crippen molar-refractivity contribution in [3.63, 3.8) is 0 Å². The van der Waals surface area contributed by atoms with E-state index in [2.05, 4.69) is 10.3 Å². The summed E-state index contributed by atoms with van der Waals surface area (Å²) in [6.45, 7) is 4.48. The molecule has 208 valence electrons. The summed E-state index contributed by atoms with van der Waals surface area (Å²) in [6.07, 6.45) is 1.72. The molecule has 8 nitrogen and oxygen atoms in total. The highest BCUT2D eigenvalue weighted by Gasteiger charge is 2.16. The van der Waals surface area contributed by atoms with Gasteiger partial charge in [-0.25, -0.2) is 4.79 Å². The van der Waals surface area contributed by atoms with E-state index >= 15 is 0 Å². The number of methoxy groups -OCH3 is 2. The third-order valence-electron chi connectivity index (χ3n) is 6.95. The predicted octanol–water partition coefficient (Wildman–Crippen LogP) is 7.40. The molecular weight excluding hydrogens is 518 g/mol. The number of nitrogens with two attached hydrogens (primary N) is 1. The molecule has 3 N–H and O–H groups in total. The molecule has 0 saturated carbocycles. The number of primary amides is 1. The fourth-order valence-corrected chi connectivity index (χ4v) is 4.66. The maximum absolute atomic E-state index is 11.3. The molecule has 4 aromatic carbocycles. The first-order valence-electron chi connectivity index (χ1n) is 13.0. The molecule has 1 heterocycles. The van der Waals surface area contributed by atoms with Gasteiger partial charge in [-0.3, -0.25) is 4.98 Å². The van der Waals surface area contributed by atoms with Crippen molar-refractivity contribution in [3.05, 3.63) is 102 Å². The minimum absolute atomic E-state index is 0.417. The van der Waals surface area contributed by atoms with E-state index < -0.39 is 6.03 Å². The van der Waals surface area contributed by atoms with Crippen LogP contribution in [0.5, 0.6) is 28.7 Å². The Morgan fingerprint density at radius 2 is 1.59 bits per heavy atom. The molecule has 5 rings (SSSR count). The van der Waals surface area contributed by atoms with E-state index in [1.807, 2.05) is 86.6 Å². The number of amides is 2. The van der Waals surface area contributed by atoms with Gasteiger partial charge in [0.05, 0.1) is 25.4 Å². The SMILES string of the molecule is COc1cc(-c2ccc(Oc3ccnc4cc(OCc5ccccc5)c(OC)cc34)c(C)c2C)ccc1NC(N)=O. The van der Waals surface area contributed by atoms with Gasteiger partial charge >= 0.3 is 6.03 Å². The van der Waals surface area contributed by atoms with E-state index in [0.717, 1.165) is 44.5 Å². The Morgan fingerprint density at radius 1 is 0.805 bits per heavy atom. The molecule has 8 heteroatoms. The first-order valence-corrected chi connectivity index (χ1v) is 13.0. The molecule has 0 atom stereocenters. The number of carbonyl (C=O) groups is 1. The lowest BCUT2D eigenvalue weighted by molar-refractivity contribution is 0.259. The minimum atomic E-state index is -0.651. The molecule has 1 aromatic heterocycles. The number of anilines is 1. The first-order chi connectivity index (χ1) is 19.9. The van der Waals surface area contributed by atoms with E-state index in [9.17, 15) is 4.79 Å². The minimum Gasteiger partial charge on any atom is -0.495 e. The highest BCUT2D eigenvalue weighted by Crippen LogP contribution is 2.40. The number of hydrogen-bond acceptors (Lipinski definition) is 6. The summed E-state index contributed by atoms with van der Waals surface area (Å²) in [5, 5.41) is 3.38. The van der Waals surface area contributed by atoms with Crippen molar-refractivity contribution >= 4 is 22.6 Å². The Balaban J connectivity index is 1.44. The lowest BCUT2D eigenvalue weighted by atomic mass is 9.96. The summed E-state index contributed by atoms with van der Waals surface area (Å²) in [5.41, 5.74) is 11.6. The number of benzene rings is 4. The van der Waals surface area contributed by atoms with Crippen LogP contribution in [0.3, 0.4) is 0 Å². The maximum atomic E-state index is 11.3. The van der Waals surface area contributed by atoms with Crippen molar-refractivity contribution < 1.29 is 23.7 Å². The second kappa shape index (κ2) is 11.9. The Bertz CT molecular complexity index is 1720. The molecule has 0 unspecified atom stereocenters. The van der Waals surface area contributed by atoms with Crippen LogP contribution in [-0.2, 0) is 6.61 Å². The van der Waals surface area contributed by atoms with E-state index in [1.165, 1.54) is 0 Å². The lowest BCUT2D eigenvalue weighted by Crippen LogP contribution is -2.19. The zero-order valence-electron chi connectivity index (χ0n) is 23.4. The van der Waals surface area contributed by atoms with Gasteiger partial charge in [-0.05, 0) is 72.0 Å². The van der Waals surface area contributed by atoms with Crippen molar-refractivity contribution in [2.75, 3.05) is 19.5 Å². The van der Waals surface area contributed by atoms with Gasteiger partial charge in [-0.15, -0.1) is 0 Å². The van der Waals surface area contributed by atoms with E-state index in [1.54, 1.807) is 26.5 Å². The number of urea groups is 1. The molecule has 0 radical (unpaired) electrons. The standard InChI is InChI=1S/C33H31N3O5/c1-20-21(2)28(13-11-24(20)23-10-12-26(36-33(34)37)30(16-23)38-3)41-29-14-15-35-27-18-32(31(39-4)17-25(27)29)40-19-22-8-6-5-7-9-22/h5-18H,19H2,1-4H3,(H3,34,36,37). The average Bonchev–Trinajstić information content (AvgIpc) is 2.98. The number of carbonyl (C=O) groups excluding carboxylic acids is 1. The Hall–Kier alpha value is -5.24. The highest BCUT2D eigenvalue weighted by molar-refractivity contribution is 5.91. The first kappa shape index (κ1) is 27.3. The number of nitrogens with one attached hydrogen (secondary N) is 1. The molecule has 0 aliphatic rings. The van der Waals surface area contributed by atoms with Gasteiger partial charge in [0.1, 0.15) is 23.9 Å². The topological polar surface area (TPSA) is 105 Å². The molecule has 2 amide bonds. The normalized spacial score (nSPS) is 10.7. The van der Waals surface area contributed by atoms with Crippen molar-refractivity contribution in [1.82, 2.24) is 4.98 Å². The lowest BCUT2D eigenvalue weighted by Gasteiger charge is -2.17. The zero-order chi connectivity index (χ0) is 28.9. The van der Waals surface area contributed by atoms with Crippen LogP contribution in [-0.4, -0.2) is 25.2 Å². The maximum Gasteiger partial charge on any atom is 0.316 e. The highest BCUT2D eigenvalue weighted by atomic mass is 16.5. The van der Waals surface area contributed by atoms with Gasteiger partial charge in [0.2, 0.25) is 0 Å².